The summed E-state index contributed by atoms with van der Waals surface area (Å²) in [5.74, 6) is 2.93. The van der Waals surface area contributed by atoms with Crippen molar-refractivity contribution in [3.05, 3.63) is 209 Å². The number of ether oxygens (including phenoxy) is 1. The SMILES string of the molecule is CC(C)Oc1ccc(/C=N/N(C)P(=S)(Oc2ccc(/C=N/N(C)P(=S)(Oc3ccc(C=O)cc3)Oc3ccc(C=O)cc3)cc2)Oc2ccc(/C=N/N(C)P(=S)(Oc3ccc(C=O)cc3)Oc3ccc(C=O)cc3)cc2)cc1. The number of carbonyl (C=O) groups excluding carboxylic acids is 4. The fraction of sp³-hybridized carbons (Fsp3) is 0.109. The molecule has 0 saturated heterocycles. The molecule has 0 aliphatic heterocycles. The maximum absolute atomic E-state index is 11.3. The summed E-state index contributed by atoms with van der Waals surface area (Å²) < 4.78 is 48.2. The zero-order chi connectivity index (χ0) is 55.7. The van der Waals surface area contributed by atoms with Gasteiger partial charge in [-0.2, -0.15) is 15.3 Å². The van der Waals surface area contributed by atoms with Crippen LogP contribution in [0.15, 0.2) is 185 Å². The fourth-order valence-electron chi connectivity index (χ4n) is 6.41. The Morgan fingerprint density at radius 1 is 0.333 bits per heavy atom. The molecule has 0 bridgehead atoms. The summed E-state index contributed by atoms with van der Waals surface area (Å²) in [6, 6.07) is 47.1. The van der Waals surface area contributed by atoms with Crippen LogP contribution in [0.4, 0.5) is 0 Å². The third kappa shape index (κ3) is 16.4. The smallest absolute Gasteiger partial charge is 0.410 e. The lowest BCUT2D eigenvalue weighted by molar-refractivity contribution is 0.111. The largest absolute Gasteiger partial charge is 0.491 e. The Labute approximate surface area is 467 Å². The molecule has 0 radical (unpaired) electrons. The topological polar surface area (TPSA) is 180 Å². The van der Waals surface area contributed by atoms with Crippen molar-refractivity contribution in [3.63, 3.8) is 0 Å². The number of benzene rings is 7. The Morgan fingerprint density at radius 2 is 0.513 bits per heavy atom. The van der Waals surface area contributed by atoms with Gasteiger partial charge < -0.3 is 31.9 Å². The highest BCUT2D eigenvalue weighted by atomic mass is 32.5. The number of nitrogens with zero attached hydrogens (tertiary/aromatic N) is 6. The average molecular weight is 1160 g/mol. The maximum atomic E-state index is 11.3. The fourth-order valence-corrected chi connectivity index (χ4v) is 12.0. The lowest BCUT2D eigenvalue weighted by atomic mass is 10.2. The van der Waals surface area contributed by atoms with Gasteiger partial charge >= 0.3 is 19.9 Å². The van der Waals surface area contributed by atoms with Crippen molar-refractivity contribution in [2.45, 2.75) is 20.0 Å². The van der Waals surface area contributed by atoms with Crippen molar-refractivity contribution in [1.82, 2.24) is 14.3 Å². The van der Waals surface area contributed by atoms with Crippen molar-refractivity contribution in [1.29, 1.82) is 0 Å². The van der Waals surface area contributed by atoms with Gasteiger partial charge in [-0.3, -0.25) is 19.2 Å². The highest BCUT2D eigenvalue weighted by molar-refractivity contribution is 8.09. The molecule has 0 heterocycles. The Morgan fingerprint density at radius 3 is 0.692 bits per heavy atom. The molecule has 0 spiro atoms. The Kier molecular flexibility index (Phi) is 20.0. The Balaban J connectivity index is 1.10. The van der Waals surface area contributed by atoms with Gasteiger partial charge in [0.1, 0.15) is 65.4 Å². The van der Waals surface area contributed by atoms with Crippen molar-refractivity contribution >= 4 is 99.1 Å². The van der Waals surface area contributed by atoms with Gasteiger partial charge in [0.15, 0.2) is 0 Å². The molecule has 0 unspecified atom stereocenters. The van der Waals surface area contributed by atoms with Crippen LogP contribution in [0.25, 0.3) is 0 Å². The number of aldehydes is 4. The summed E-state index contributed by atoms with van der Waals surface area (Å²) in [5, 5.41) is 13.9. The summed E-state index contributed by atoms with van der Waals surface area (Å²) in [7, 11) is 4.92. The van der Waals surface area contributed by atoms with E-state index in [1.807, 2.05) is 38.1 Å². The molecular formula is C55H51N6O11P3S3. The minimum absolute atomic E-state index is 0.0148. The molecule has 0 aliphatic carbocycles. The third-order valence-electron chi connectivity index (χ3n) is 10.6. The summed E-state index contributed by atoms with van der Waals surface area (Å²) in [4.78, 5) is 45.2. The predicted octanol–water partition coefficient (Wildman–Crippen LogP) is 12.7. The van der Waals surface area contributed by atoms with Crippen LogP contribution in [0.1, 0.15) is 72.0 Å². The first-order valence-electron chi connectivity index (χ1n) is 23.5. The minimum atomic E-state index is -3.51. The molecule has 78 heavy (non-hydrogen) atoms. The Bertz CT molecular complexity index is 3110. The molecule has 7 aromatic carbocycles. The van der Waals surface area contributed by atoms with E-state index in [1.54, 1.807) is 185 Å². The second kappa shape index (κ2) is 27.0. The van der Waals surface area contributed by atoms with Gasteiger partial charge in [0.05, 0.1) is 24.7 Å². The zero-order valence-electron chi connectivity index (χ0n) is 42.5. The summed E-state index contributed by atoms with van der Waals surface area (Å²) in [6.07, 6.45) is 7.70. The van der Waals surface area contributed by atoms with Crippen LogP contribution in [-0.2, 0) is 35.4 Å². The van der Waals surface area contributed by atoms with Gasteiger partial charge in [0.25, 0.3) is 0 Å². The summed E-state index contributed by atoms with van der Waals surface area (Å²) in [6.45, 7) is -6.46. The monoisotopic (exact) mass is 1160 g/mol. The average Bonchev–Trinajstić information content (AvgIpc) is 3.44. The predicted molar refractivity (Wildman–Crippen MR) is 315 cm³/mol. The second-order valence-electron chi connectivity index (χ2n) is 16.8. The van der Waals surface area contributed by atoms with Crippen molar-refractivity contribution in [3.8, 4) is 40.2 Å². The molecule has 0 saturated carbocycles. The molecule has 23 heteroatoms. The van der Waals surface area contributed by atoms with Gasteiger partial charge in [0, 0.05) is 78.8 Å². The van der Waals surface area contributed by atoms with E-state index in [2.05, 4.69) is 15.3 Å². The first-order valence-corrected chi connectivity index (χ1v) is 31.3. The van der Waals surface area contributed by atoms with Gasteiger partial charge in [-0.1, -0.05) is 0 Å². The van der Waals surface area contributed by atoms with E-state index in [9.17, 15) is 19.2 Å². The van der Waals surface area contributed by atoms with Gasteiger partial charge in [-0.05, 0) is 200 Å². The molecule has 0 N–H and O–H groups in total. The molecule has 17 nitrogen and oxygen atoms in total. The van der Waals surface area contributed by atoms with Crippen LogP contribution in [0.3, 0.4) is 0 Å². The number of hydrazone groups is 3. The highest BCUT2D eigenvalue weighted by Crippen LogP contribution is 2.54. The van der Waals surface area contributed by atoms with Gasteiger partial charge in [0.2, 0.25) is 0 Å². The number of hydrogen-bond donors (Lipinski definition) is 0. The van der Waals surface area contributed by atoms with E-state index in [0.717, 1.165) is 36.5 Å². The third-order valence-corrected chi connectivity index (χ3v) is 19.1. The second-order valence-corrected chi connectivity index (χ2v) is 26.6. The molecule has 7 rings (SSSR count). The van der Waals surface area contributed by atoms with E-state index in [4.69, 9.17) is 67.3 Å². The van der Waals surface area contributed by atoms with Crippen LogP contribution in [0.5, 0.6) is 40.2 Å². The van der Waals surface area contributed by atoms with Crippen molar-refractivity contribution in [2.75, 3.05) is 21.1 Å². The lowest BCUT2D eigenvalue weighted by Gasteiger charge is -2.29. The molecule has 0 atom stereocenters. The van der Waals surface area contributed by atoms with Crippen LogP contribution in [0.2, 0.25) is 0 Å². The maximum Gasteiger partial charge on any atom is 0.410 e. The quantitative estimate of drug-likeness (QED) is 0.0205. The highest BCUT2D eigenvalue weighted by Gasteiger charge is 2.31. The molecule has 0 aliphatic rings. The van der Waals surface area contributed by atoms with Crippen LogP contribution in [0, 0.1) is 0 Å². The number of rotatable bonds is 27. The van der Waals surface area contributed by atoms with Crippen molar-refractivity contribution in [2.24, 2.45) is 15.3 Å². The zero-order valence-corrected chi connectivity index (χ0v) is 47.7. The van der Waals surface area contributed by atoms with E-state index in [1.165, 1.54) is 14.3 Å². The van der Waals surface area contributed by atoms with Crippen LogP contribution >= 0.6 is 19.9 Å². The summed E-state index contributed by atoms with van der Waals surface area (Å²) in [5.41, 5.74) is 3.93. The molecule has 400 valence electrons. The molecule has 0 fully saturated rings. The van der Waals surface area contributed by atoms with E-state index in [-0.39, 0.29) is 6.10 Å². The normalized spacial score (nSPS) is 11.7. The first kappa shape index (κ1) is 57.9. The van der Waals surface area contributed by atoms with Crippen LogP contribution < -0.4 is 31.9 Å². The van der Waals surface area contributed by atoms with Gasteiger partial charge in [-0.15, -0.1) is 0 Å². The summed E-state index contributed by atoms with van der Waals surface area (Å²) >= 11 is 18.2. The van der Waals surface area contributed by atoms with E-state index in [0.29, 0.717) is 67.9 Å². The molecule has 0 aromatic heterocycles. The van der Waals surface area contributed by atoms with Crippen LogP contribution in [-0.4, -0.2) is 85.4 Å². The van der Waals surface area contributed by atoms with Crippen molar-refractivity contribution < 1.29 is 51.1 Å². The first-order chi connectivity index (χ1) is 37.5. The minimum Gasteiger partial charge on any atom is -0.491 e. The van der Waals surface area contributed by atoms with E-state index < -0.39 is 19.9 Å². The number of hydrogen-bond acceptors (Lipinski definition) is 17. The van der Waals surface area contributed by atoms with Gasteiger partial charge in [-0.25, -0.2) is 14.3 Å². The number of carbonyl (C=O) groups is 4. The van der Waals surface area contributed by atoms with E-state index >= 15 is 0 Å². The standard InChI is InChI=1S/C55H51N6O11P3S3/c1-41(2)66-49-20-6-42(7-21-49)34-56-59(3)73(76,67-50-22-8-43(9-23-50)35-57-60(4)74(77,69-52-26-12-45(37-62)13-27-52)70-53-28-14-46(38-63)15-29-53)68-51-24-10-44(11-25-51)36-58-61(5)75(78,71-54-30-16-47(39-64)17-31-54)72-55-32-18-48(40-65)19-33-55/h6-41H,1-5H3/b56-34+,57-35+,58-36+. The Hall–Kier alpha value is -7.82. The lowest BCUT2D eigenvalue weighted by Crippen LogP contribution is -2.17. The molecule has 0 amide bonds. The molecule has 7 aromatic rings. The molecular weight excluding hydrogens is 1110 g/mol.